The van der Waals surface area contributed by atoms with E-state index in [1.807, 2.05) is 6.92 Å². The van der Waals surface area contributed by atoms with Crippen molar-refractivity contribution >= 4 is 12.1 Å². The van der Waals surface area contributed by atoms with E-state index in [0.29, 0.717) is 10.6 Å². The van der Waals surface area contributed by atoms with Crippen molar-refractivity contribution in [2.75, 3.05) is 0 Å². The van der Waals surface area contributed by atoms with Crippen molar-refractivity contribution in [3.8, 4) is 0 Å². The van der Waals surface area contributed by atoms with Gasteiger partial charge in [0.05, 0.1) is 6.42 Å². The molecule has 1 aliphatic rings. The summed E-state index contributed by atoms with van der Waals surface area (Å²) in [6, 6.07) is 2.90. The van der Waals surface area contributed by atoms with Crippen LogP contribution in [-0.2, 0) is 9.63 Å². The molecule has 6 heteroatoms. The van der Waals surface area contributed by atoms with E-state index in [1.54, 1.807) is 18.3 Å². The molecule has 0 radical (unpaired) electrons. The average molecular weight is 222 g/mol. The second kappa shape index (κ2) is 3.80. The number of hydroxylamine groups is 2. The topological polar surface area (TPSA) is 79.7 Å². The lowest BCUT2D eigenvalue weighted by atomic mass is 10.1. The Hall–Kier alpha value is -2.11. The summed E-state index contributed by atoms with van der Waals surface area (Å²) in [5, 5.41) is 9.51. The van der Waals surface area contributed by atoms with Gasteiger partial charge >= 0.3 is 12.1 Å². The van der Waals surface area contributed by atoms with Crippen LogP contribution < -0.4 is 0 Å². The highest BCUT2D eigenvalue weighted by molar-refractivity contribution is 5.77. The van der Waals surface area contributed by atoms with Crippen LogP contribution in [0.5, 0.6) is 0 Å². The molecule has 0 saturated carbocycles. The second-order valence-electron chi connectivity index (χ2n) is 3.52. The minimum atomic E-state index is -1.28. The predicted molar refractivity (Wildman–Crippen MR) is 52.3 cm³/mol. The van der Waals surface area contributed by atoms with Gasteiger partial charge in [0.15, 0.2) is 0 Å². The highest BCUT2D eigenvalue weighted by atomic mass is 16.7. The molecule has 0 aromatic carbocycles. The van der Waals surface area contributed by atoms with Crippen molar-refractivity contribution in [2.24, 2.45) is 0 Å². The van der Waals surface area contributed by atoms with Gasteiger partial charge in [-0.15, -0.1) is 5.06 Å². The van der Waals surface area contributed by atoms with Gasteiger partial charge in [0.1, 0.15) is 6.04 Å². The standard InChI is InChI=1S/C10H10N2O4/c1-6-2-3-7(5-11-6)8-4-9(13)16-12(8)10(14)15/h2-3,5,8H,4H2,1H3,(H,14,15). The van der Waals surface area contributed by atoms with E-state index in [4.69, 9.17) is 5.11 Å². The quantitative estimate of drug-likeness (QED) is 0.774. The molecule has 16 heavy (non-hydrogen) atoms. The number of aromatic nitrogens is 1. The van der Waals surface area contributed by atoms with Gasteiger partial charge in [-0.1, -0.05) is 6.07 Å². The zero-order chi connectivity index (χ0) is 11.7. The molecule has 1 aromatic rings. The first kappa shape index (κ1) is 10.4. The normalized spacial score (nSPS) is 19.7. The third-order valence-electron chi connectivity index (χ3n) is 2.35. The highest BCUT2D eigenvalue weighted by Gasteiger charge is 2.38. The summed E-state index contributed by atoms with van der Waals surface area (Å²) in [5.74, 6) is -0.548. The molecule has 1 aliphatic heterocycles. The van der Waals surface area contributed by atoms with Crippen LogP contribution in [0.15, 0.2) is 18.3 Å². The summed E-state index contributed by atoms with van der Waals surface area (Å²) in [6.07, 6.45) is 0.297. The molecule has 1 unspecified atom stereocenters. The van der Waals surface area contributed by atoms with Crippen molar-refractivity contribution in [1.82, 2.24) is 10.0 Å². The SMILES string of the molecule is Cc1ccc(C2CC(=O)ON2C(=O)O)cn1. The Balaban J connectivity index is 2.28. The van der Waals surface area contributed by atoms with Gasteiger partial charge in [0, 0.05) is 11.9 Å². The lowest BCUT2D eigenvalue weighted by molar-refractivity contribution is -0.166. The zero-order valence-electron chi connectivity index (χ0n) is 8.58. The molecular weight excluding hydrogens is 212 g/mol. The Labute approximate surface area is 91.4 Å². The van der Waals surface area contributed by atoms with Gasteiger partial charge in [-0.3, -0.25) is 4.98 Å². The molecular formula is C10H10N2O4. The van der Waals surface area contributed by atoms with Gasteiger partial charge in [-0.25, -0.2) is 9.59 Å². The van der Waals surface area contributed by atoms with E-state index < -0.39 is 18.1 Å². The molecule has 84 valence electrons. The van der Waals surface area contributed by atoms with Gasteiger partial charge in [0.2, 0.25) is 0 Å². The number of hydrogen-bond donors (Lipinski definition) is 1. The van der Waals surface area contributed by atoms with Crippen molar-refractivity contribution in [1.29, 1.82) is 0 Å². The number of rotatable bonds is 1. The molecule has 1 N–H and O–H groups in total. The molecule has 1 amide bonds. The smallest absolute Gasteiger partial charge is 0.441 e. The molecule has 6 nitrogen and oxygen atoms in total. The fraction of sp³-hybridized carbons (Fsp3) is 0.300. The van der Waals surface area contributed by atoms with Gasteiger partial charge in [-0.05, 0) is 18.6 Å². The molecule has 1 atom stereocenters. The number of carbonyl (C=O) groups is 2. The van der Waals surface area contributed by atoms with E-state index >= 15 is 0 Å². The fourth-order valence-corrected chi connectivity index (χ4v) is 1.55. The lowest BCUT2D eigenvalue weighted by Crippen LogP contribution is -2.27. The Morgan fingerprint density at radius 1 is 1.62 bits per heavy atom. The molecule has 2 rings (SSSR count). The predicted octanol–water partition coefficient (Wildman–Crippen LogP) is 1.27. The van der Waals surface area contributed by atoms with E-state index in [2.05, 4.69) is 9.82 Å². The van der Waals surface area contributed by atoms with Crippen LogP contribution in [-0.4, -0.2) is 27.2 Å². The minimum Gasteiger partial charge on any atom is -0.463 e. The number of carboxylic acid groups (broad SMARTS) is 1. The monoisotopic (exact) mass is 222 g/mol. The van der Waals surface area contributed by atoms with E-state index in [0.717, 1.165) is 5.69 Å². The summed E-state index contributed by atoms with van der Waals surface area (Å²) >= 11 is 0. The third kappa shape index (κ3) is 1.81. The van der Waals surface area contributed by atoms with Crippen molar-refractivity contribution in [3.05, 3.63) is 29.6 Å². The Morgan fingerprint density at radius 2 is 2.38 bits per heavy atom. The first-order valence-corrected chi connectivity index (χ1v) is 4.73. The minimum absolute atomic E-state index is 0.0248. The number of hydrogen-bond acceptors (Lipinski definition) is 4. The van der Waals surface area contributed by atoms with Gasteiger partial charge in [-0.2, -0.15) is 0 Å². The number of amides is 1. The Morgan fingerprint density at radius 3 is 2.94 bits per heavy atom. The van der Waals surface area contributed by atoms with Crippen LogP contribution in [0.4, 0.5) is 4.79 Å². The highest BCUT2D eigenvalue weighted by Crippen LogP contribution is 2.30. The molecule has 0 aliphatic carbocycles. The van der Waals surface area contributed by atoms with Crippen LogP contribution in [0.3, 0.4) is 0 Å². The maximum Gasteiger partial charge on any atom is 0.441 e. The van der Waals surface area contributed by atoms with E-state index in [1.165, 1.54) is 0 Å². The van der Waals surface area contributed by atoms with Gasteiger partial charge < -0.3 is 9.94 Å². The van der Waals surface area contributed by atoms with Crippen LogP contribution in [0, 0.1) is 6.92 Å². The van der Waals surface area contributed by atoms with E-state index in [9.17, 15) is 9.59 Å². The molecule has 1 saturated heterocycles. The summed E-state index contributed by atoms with van der Waals surface area (Å²) < 4.78 is 0. The largest absolute Gasteiger partial charge is 0.463 e. The van der Waals surface area contributed by atoms with Crippen molar-refractivity contribution < 1.29 is 19.5 Å². The van der Waals surface area contributed by atoms with E-state index in [-0.39, 0.29) is 6.42 Å². The molecule has 0 bridgehead atoms. The number of nitrogens with zero attached hydrogens (tertiary/aromatic N) is 2. The molecule has 2 heterocycles. The van der Waals surface area contributed by atoms with Gasteiger partial charge in [0.25, 0.3) is 0 Å². The molecule has 1 fully saturated rings. The lowest BCUT2D eigenvalue weighted by Gasteiger charge is -2.17. The maximum atomic E-state index is 11.1. The number of carbonyl (C=O) groups excluding carboxylic acids is 1. The maximum absolute atomic E-state index is 11.1. The Kier molecular flexibility index (Phi) is 2.47. The number of aryl methyl sites for hydroxylation is 1. The summed E-state index contributed by atoms with van der Waals surface area (Å²) in [6.45, 7) is 1.83. The van der Waals surface area contributed by atoms with Crippen LogP contribution in [0.1, 0.15) is 23.7 Å². The number of pyridine rings is 1. The van der Waals surface area contributed by atoms with Crippen molar-refractivity contribution in [3.63, 3.8) is 0 Å². The van der Waals surface area contributed by atoms with Crippen LogP contribution in [0.2, 0.25) is 0 Å². The summed E-state index contributed by atoms with van der Waals surface area (Å²) in [5.41, 5.74) is 1.48. The average Bonchev–Trinajstić information content (AvgIpc) is 2.61. The molecule has 0 spiro atoms. The van der Waals surface area contributed by atoms with Crippen LogP contribution >= 0.6 is 0 Å². The third-order valence-corrected chi connectivity index (χ3v) is 2.35. The summed E-state index contributed by atoms with van der Waals surface area (Å²) in [4.78, 5) is 30.5. The Bertz CT molecular complexity index is 429. The first-order chi connectivity index (χ1) is 7.58. The van der Waals surface area contributed by atoms with Crippen LogP contribution in [0.25, 0.3) is 0 Å². The van der Waals surface area contributed by atoms with Crippen molar-refractivity contribution in [2.45, 2.75) is 19.4 Å². The summed E-state index contributed by atoms with van der Waals surface area (Å²) in [7, 11) is 0. The fourth-order valence-electron chi connectivity index (χ4n) is 1.55. The zero-order valence-corrected chi connectivity index (χ0v) is 8.58. The second-order valence-corrected chi connectivity index (χ2v) is 3.52. The molecule has 1 aromatic heterocycles. The first-order valence-electron chi connectivity index (χ1n) is 4.73.